The van der Waals surface area contributed by atoms with Crippen LogP contribution in [0, 0.1) is 11.3 Å². The van der Waals surface area contributed by atoms with Crippen molar-refractivity contribution in [3.05, 3.63) is 95.6 Å². The van der Waals surface area contributed by atoms with Gasteiger partial charge in [0.1, 0.15) is 28.9 Å². The molecule has 0 spiro atoms. The molecular weight excluding hydrogens is 462 g/mol. The van der Waals surface area contributed by atoms with Crippen LogP contribution in [0.15, 0.2) is 78.9 Å². The van der Waals surface area contributed by atoms with Gasteiger partial charge in [-0.3, -0.25) is 4.79 Å². The number of benzene rings is 3. The maximum absolute atomic E-state index is 12.6. The van der Waals surface area contributed by atoms with E-state index in [1.54, 1.807) is 19.2 Å². The van der Waals surface area contributed by atoms with Gasteiger partial charge in [-0.2, -0.15) is 10.4 Å². The molecule has 4 aromatic rings. The molecule has 7 heteroatoms. The first-order chi connectivity index (χ1) is 18.2. The molecule has 3 aromatic carbocycles. The zero-order chi connectivity index (χ0) is 25.6. The second-order valence-electron chi connectivity index (χ2n) is 9.14. The number of nitriles is 1. The highest BCUT2D eigenvalue weighted by Crippen LogP contribution is 2.37. The Balaban J connectivity index is 1.39. The number of nitrogens with one attached hydrogen (secondary N) is 2. The quantitative estimate of drug-likeness (QED) is 0.305. The molecule has 0 unspecified atom stereocenters. The summed E-state index contributed by atoms with van der Waals surface area (Å²) in [4.78, 5) is 12.6. The molecule has 7 nitrogen and oxygen atoms in total. The van der Waals surface area contributed by atoms with Gasteiger partial charge >= 0.3 is 0 Å². The Morgan fingerprint density at radius 3 is 2.43 bits per heavy atom. The molecule has 1 fully saturated rings. The number of hydrogen-bond acceptors (Lipinski definition) is 5. The van der Waals surface area contributed by atoms with Crippen LogP contribution in [0.25, 0.3) is 11.3 Å². The first-order valence-electron chi connectivity index (χ1n) is 12.5. The molecule has 1 aliphatic carbocycles. The first kappa shape index (κ1) is 24.1. The summed E-state index contributed by atoms with van der Waals surface area (Å²) in [6.07, 6.45) is 4.45. The van der Waals surface area contributed by atoms with Crippen LogP contribution in [0.1, 0.15) is 53.2 Å². The molecule has 0 radical (unpaired) electrons. The van der Waals surface area contributed by atoms with E-state index in [2.05, 4.69) is 16.7 Å². The van der Waals surface area contributed by atoms with Gasteiger partial charge in [-0.15, -0.1) is 0 Å². The molecule has 1 saturated carbocycles. The summed E-state index contributed by atoms with van der Waals surface area (Å²) in [7, 11) is 1.55. The van der Waals surface area contributed by atoms with E-state index in [0.29, 0.717) is 29.1 Å². The number of methoxy groups -OCH3 is 1. The molecule has 1 heterocycles. The lowest BCUT2D eigenvalue weighted by Crippen LogP contribution is -2.23. The summed E-state index contributed by atoms with van der Waals surface area (Å²) in [5, 5.41) is 21.5. The largest absolute Gasteiger partial charge is 0.496 e. The number of nitrogens with zero attached hydrogens (tertiary/aromatic N) is 3. The Bertz CT molecular complexity index is 1410. The maximum Gasteiger partial charge on any atom is 0.255 e. The number of carbonyl (C=O) groups is 1. The minimum atomic E-state index is -0.194. The fourth-order valence-electron chi connectivity index (χ4n) is 4.82. The van der Waals surface area contributed by atoms with Crippen LogP contribution in [-0.2, 0) is 6.54 Å². The number of ether oxygens (including phenoxy) is 1. The second-order valence-corrected chi connectivity index (χ2v) is 9.14. The lowest BCUT2D eigenvalue weighted by molar-refractivity contribution is 0.0948. The summed E-state index contributed by atoms with van der Waals surface area (Å²) in [6, 6.07) is 27.5. The van der Waals surface area contributed by atoms with Crippen molar-refractivity contribution in [1.82, 2.24) is 15.1 Å². The maximum atomic E-state index is 12.6. The molecule has 186 valence electrons. The van der Waals surface area contributed by atoms with E-state index in [9.17, 15) is 10.1 Å². The first-order valence-corrected chi connectivity index (χ1v) is 12.5. The van der Waals surface area contributed by atoms with Crippen LogP contribution in [0.3, 0.4) is 0 Å². The van der Waals surface area contributed by atoms with Gasteiger partial charge < -0.3 is 15.4 Å². The van der Waals surface area contributed by atoms with Crippen LogP contribution in [0.5, 0.6) is 5.75 Å². The Hall–Kier alpha value is -4.57. The fourth-order valence-corrected chi connectivity index (χ4v) is 4.82. The summed E-state index contributed by atoms with van der Waals surface area (Å²) >= 11 is 0. The van der Waals surface area contributed by atoms with E-state index in [0.717, 1.165) is 35.5 Å². The molecule has 1 amide bonds. The van der Waals surface area contributed by atoms with E-state index >= 15 is 0 Å². The van der Waals surface area contributed by atoms with Crippen molar-refractivity contribution in [3.8, 4) is 23.1 Å². The fraction of sp³-hybridized carbons (Fsp3) is 0.233. The number of hydrogen-bond donors (Lipinski definition) is 2. The van der Waals surface area contributed by atoms with Crippen LogP contribution < -0.4 is 15.4 Å². The van der Waals surface area contributed by atoms with E-state index in [1.165, 1.54) is 12.8 Å². The van der Waals surface area contributed by atoms with Crippen LogP contribution in [0.4, 0.5) is 11.5 Å². The number of amides is 1. The highest BCUT2D eigenvalue weighted by molar-refractivity contribution is 5.96. The number of rotatable bonds is 8. The number of carbonyl (C=O) groups excluding carboxylic acids is 1. The minimum Gasteiger partial charge on any atom is -0.496 e. The predicted molar refractivity (Wildman–Crippen MR) is 144 cm³/mol. The van der Waals surface area contributed by atoms with Gasteiger partial charge in [0.05, 0.1) is 18.7 Å². The van der Waals surface area contributed by atoms with Crippen LogP contribution in [0.2, 0.25) is 0 Å². The molecule has 0 saturated heterocycles. The summed E-state index contributed by atoms with van der Waals surface area (Å²) in [6.45, 7) is 0.375. The van der Waals surface area contributed by atoms with Crippen molar-refractivity contribution in [1.29, 1.82) is 5.26 Å². The minimum absolute atomic E-state index is 0.194. The van der Waals surface area contributed by atoms with E-state index in [1.807, 2.05) is 71.4 Å². The van der Waals surface area contributed by atoms with Crippen LogP contribution in [-0.4, -0.2) is 22.8 Å². The Morgan fingerprint density at radius 2 is 1.73 bits per heavy atom. The zero-order valence-electron chi connectivity index (χ0n) is 20.8. The summed E-state index contributed by atoms with van der Waals surface area (Å²) < 4.78 is 7.30. The Kier molecular flexibility index (Phi) is 7.18. The number of para-hydroxylation sites is 2. The Morgan fingerprint density at radius 1 is 1.03 bits per heavy atom. The predicted octanol–water partition coefficient (Wildman–Crippen LogP) is 6.22. The van der Waals surface area contributed by atoms with Crippen LogP contribution >= 0.6 is 0 Å². The lowest BCUT2D eigenvalue weighted by atomic mass is 10.1. The molecule has 1 aliphatic rings. The molecule has 1 aromatic heterocycles. The molecular formula is C30H29N5O2. The summed E-state index contributed by atoms with van der Waals surface area (Å²) in [5.74, 6) is 1.08. The van der Waals surface area contributed by atoms with Gasteiger partial charge in [-0.25, -0.2) is 4.68 Å². The molecule has 2 N–H and O–H groups in total. The number of anilines is 2. The van der Waals surface area contributed by atoms with Crippen molar-refractivity contribution < 1.29 is 9.53 Å². The van der Waals surface area contributed by atoms with Crippen molar-refractivity contribution in [2.45, 2.75) is 38.3 Å². The van der Waals surface area contributed by atoms with Gasteiger partial charge in [0.2, 0.25) is 0 Å². The third kappa shape index (κ3) is 5.19. The average Bonchev–Trinajstić information content (AvgIpc) is 3.61. The zero-order valence-corrected chi connectivity index (χ0v) is 20.8. The molecule has 0 bridgehead atoms. The third-order valence-corrected chi connectivity index (χ3v) is 6.76. The van der Waals surface area contributed by atoms with Crippen molar-refractivity contribution in [3.63, 3.8) is 0 Å². The van der Waals surface area contributed by atoms with Gasteiger partial charge in [0.15, 0.2) is 0 Å². The standard InChI is InChI=1S/C30H29N5O2/c1-37-27-14-8-7-13-25(27)30(36)32-20-21-15-17-22(18-16-21)28-26(19-31)29(33-23-9-3-2-4-10-23)35(34-28)24-11-5-6-12-24/h2-4,7-10,13-18,24,33H,5-6,11-12,20H2,1H3,(H,32,36). The SMILES string of the molecule is COc1ccccc1C(=O)NCc1ccc(-c2nn(C3CCCC3)c(Nc3ccccc3)c2C#N)cc1. The van der Waals surface area contributed by atoms with E-state index < -0.39 is 0 Å². The lowest BCUT2D eigenvalue weighted by Gasteiger charge is -2.15. The number of aromatic nitrogens is 2. The smallest absolute Gasteiger partial charge is 0.255 e. The van der Waals surface area contributed by atoms with Gasteiger partial charge in [-0.05, 0) is 42.7 Å². The van der Waals surface area contributed by atoms with E-state index in [-0.39, 0.29) is 11.9 Å². The van der Waals surface area contributed by atoms with Gasteiger partial charge in [0, 0.05) is 17.8 Å². The monoisotopic (exact) mass is 491 g/mol. The van der Waals surface area contributed by atoms with Gasteiger partial charge in [0.25, 0.3) is 5.91 Å². The van der Waals surface area contributed by atoms with Crippen molar-refractivity contribution in [2.75, 3.05) is 12.4 Å². The molecule has 37 heavy (non-hydrogen) atoms. The molecule has 0 aliphatic heterocycles. The third-order valence-electron chi connectivity index (χ3n) is 6.76. The molecule has 0 atom stereocenters. The highest BCUT2D eigenvalue weighted by Gasteiger charge is 2.26. The van der Waals surface area contributed by atoms with Crippen molar-refractivity contribution >= 4 is 17.4 Å². The van der Waals surface area contributed by atoms with E-state index in [4.69, 9.17) is 9.84 Å². The topological polar surface area (TPSA) is 92.0 Å². The highest BCUT2D eigenvalue weighted by atomic mass is 16.5. The Labute approximate surface area is 216 Å². The van der Waals surface area contributed by atoms with Gasteiger partial charge in [-0.1, -0.05) is 67.4 Å². The normalized spacial score (nSPS) is 13.2. The average molecular weight is 492 g/mol. The van der Waals surface area contributed by atoms with Crippen molar-refractivity contribution in [2.24, 2.45) is 0 Å². The molecule has 5 rings (SSSR count). The summed E-state index contributed by atoms with van der Waals surface area (Å²) in [5.41, 5.74) is 4.43. The second kappa shape index (κ2) is 11.0.